The highest BCUT2D eigenvalue weighted by Crippen LogP contribution is 2.21. The van der Waals surface area contributed by atoms with Crippen molar-refractivity contribution in [3.05, 3.63) is 29.6 Å². The standard InChI is InChI=1S/C16H22FN3/c1-2-8-20-9-3-4-15(7-10-20)19-16-6-5-14(17)11-13(16)12-18/h5-6,11,15,19H,2-4,7-10H2,1H3. The lowest BCUT2D eigenvalue weighted by Gasteiger charge is -2.20. The summed E-state index contributed by atoms with van der Waals surface area (Å²) in [6.07, 6.45) is 4.53. The monoisotopic (exact) mass is 275 g/mol. The summed E-state index contributed by atoms with van der Waals surface area (Å²) in [5.41, 5.74) is 1.14. The van der Waals surface area contributed by atoms with Crippen LogP contribution in [0.15, 0.2) is 18.2 Å². The minimum atomic E-state index is -0.359. The predicted octanol–water partition coefficient (Wildman–Crippen LogP) is 3.37. The van der Waals surface area contributed by atoms with E-state index in [1.165, 1.54) is 25.0 Å². The molecule has 1 heterocycles. The third-order valence-corrected chi connectivity index (χ3v) is 3.82. The fraction of sp³-hybridized carbons (Fsp3) is 0.562. The molecule has 0 spiro atoms. The molecule has 4 heteroatoms. The summed E-state index contributed by atoms with van der Waals surface area (Å²) in [6.45, 7) is 5.61. The Morgan fingerprint density at radius 2 is 2.25 bits per heavy atom. The number of hydrogen-bond acceptors (Lipinski definition) is 3. The zero-order chi connectivity index (χ0) is 14.4. The zero-order valence-electron chi connectivity index (χ0n) is 12.0. The van der Waals surface area contributed by atoms with Crippen molar-refractivity contribution < 1.29 is 4.39 Å². The molecule has 1 atom stereocenters. The molecule has 0 aromatic heterocycles. The minimum absolute atomic E-state index is 0.359. The average molecular weight is 275 g/mol. The van der Waals surface area contributed by atoms with Gasteiger partial charge in [-0.25, -0.2) is 4.39 Å². The van der Waals surface area contributed by atoms with Crippen LogP contribution in [0, 0.1) is 17.1 Å². The summed E-state index contributed by atoms with van der Waals surface area (Å²) in [6, 6.07) is 6.80. The molecule has 20 heavy (non-hydrogen) atoms. The number of anilines is 1. The number of nitriles is 1. The molecular formula is C16H22FN3. The third kappa shape index (κ3) is 3.94. The Morgan fingerprint density at radius 3 is 3.00 bits per heavy atom. The lowest BCUT2D eigenvalue weighted by molar-refractivity contribution is 0.285. The molecule has 0 amide bonds. The van der Waals surface area contributed by atoms with Crippen molar-refractivity contribution in [1.82, 2.24) is 4.90 Å². The molecule has 1 aliphatic rings. The first-order chi connectivity index (χ1) is 9.72. The van der Waals surface area contributed by atoms with Crippen molar-refractivity contribution in [2.24, 2.45) is 0 Å². The minimum Gasteiger partial charge on any atom is -0.381 e. The Labute approximate surface area is 120 Å². The molecule has 1 saturated heterocycles. The van der Waals surface area contributed by atoms with Crippen molar-refractivity contribution in [2.75, 3.05) is 25.0 Å². The van der Waals surface area contributed by atoms with Gasteiger partial charge >= 0.3 is 0 Å². The first kappa shape index (κ1) is 14.8. The van der Waals surface area contributed by atoms with E-state index >= 15 is 0 Å². The zero-order valence-corrected chi connectivity index (χ0v) is 12.0. The maximum atomic E-state index is 13.1. The second kappa shape index (κ2) is 7.25. The second-order valence-corrected chi connectivity index (χ2v) is 5.42. The van der Waals surface area contributed by atoms with Crippen LogP contribution in [0.4, 0.5) is 10.1 Å². The number of halogens is 1. The van der Waals surface area contributed by atoms with E-state index in [0.29, 0.717) is 11.6 Å². The van der Waals surface area contributed by atoms with Gasteiger partial charge in [0.25, 0.3) is 0 Å². The van der Waals surface area contributed by atoms with Crippen LogP contribution in [0.2, 0.25) is 0 Å². The summed E-state index contributed by atoms with van der Waals surface area (Å²) in [7, 11) is 0. The van der Waals surface area contributed by atoms with Gasteiger partial charge in [0, 0.05) is 12.6 Å². The molecule has 0 aliphatic carbocycles. The molecule has 0 bridgehead atoms. The first-order valence-corrected chi connectivity index (χ1v) is 7.41. The lowest BCUT2D eigenvalue weighted by Crippen LogP contribution is -2.27. The van der Waals surface area contributed by atoms with E-state index in [1.807, 2.05) is 0 Å². The molecule has 1 unspecified atom stereocenters. The fourth-order valence-electron chi connectivity index (χ4n) is 2.79. The highest BCUT2D eigenvalue weighted by atomic mass is 19.1. The van der Waals surface area contributed by atoms with Crippen LogP contribution in [0.25, 0.3) is 0 Å². The number of nitrogens with zero attached hydrogens (tertiary/aromatic N) is 2. The van der Waals surface area contributed by atoms with E-state index in [0.717, 1.165) is 38.2 Å². The van der Waals surface area contributed by atoms with Gasteiger partial charge in [-0.3, -0.25) is 0 Å². The number of likely N-dealkylation sites (tertiary alicyclic amines) is 1. The van der Waals surface area contributed by atoms with Gasteiger partial charge in [-0.05, 0) is 57.0 Å². The number of hydrogen-bond donors (Lipinski definition) is 1. The summed E-state index contributed by atoms with van der Waals surface area (Å²) < 4.78 is 13.1. The van der Waals surface area contributed by atoms with E-state index in [-0.39, 0.29) is 5.82 Å². The molecular weight excluding hydrogens is 253 g/mol. The summed E-state index contributed by atoms with van der Waals surface area (Å²) >= 11 is 0. The number of nitrogens with one attached hydrogen (secondary N) is 1. The van der Waals surface area contributed by atoms with Crippen molar-refractivity contribution >= 4 is 5.69 Å². The topological polar surface area (TPSA) is 39.1 Å². The SMILES string of the molecule is CCCN1CCCC(Nc2ccc(F)cc2C#N)CC1. The van der Waals surface area contributed by atoms with Gasteiger partial charge < -0.3 is 10.2 Å². The predicted molar refractivity (Wildman–Crippen MR) is 79.1 cm³/mol. The Morgan fingerprint density at radius 1 is 1.40 bits per heavy atom. The first-order valence-electron chi connectivity index (χ1n) is 7.41. The van der Waals surface area contributed by atoms with Gasteiger partial charge in [-0.15, -0.1) is 0 Å². The molecule has 1 aliphatic heterocycles. The molecule has 1 aromatic carbocycles. The maximum Gasteiger partial charge on any atom is 0.124 e. The Bertz CT molecular complexity index is 481. The second-order valence-electron chi connectivity index (χ2n) is 5.42. The molecule has 2 rings (SSSR count). The smallest absolute Gasteiger partial charge is 0.124 e. The van der Waals surface area contributed by atoms with Crippen molar-refractivity contribution in [2.45, 2.75) is 38.6 Å². The molecule has 1 fully saturated rings. The van der Waals surface area contributed by atoms with E-state index < -0.39 is 0 Å². The largest absolute Gasteiger partial charge is 0.381 e. The van der Waals surface area contributed by atoms with Gasteiger partial charge in [0.2, 0.25) is 0 Å². The lowest BCUT2D eigenvalue weighted by atomic mass is 10.1. The van der Waals surface area contributed by atoms with Gasteiger partial charge in [-0.2, -0.15) is 5.26 Å². The molecule has 1 aromatic rings. The number of rotatable bonds is 4. The van der Waals surface area contributed by atoms with Gasteiger partial charge in [0.15, 0.2) is 0 Å². The van der Waals surface area contributed by atoms with E-state index in [1.54, 1.807) is 6.07 Å². The quantitative estimate of drug-likeness (QED) is 0.915. The van der Waals surface area contributed by atoms with Crippen molar-refractivity contribution in [1.29, 1.82) is 5.26 Å². The average Bonchev–Trinajstić information content (AvgIpc) is 2.67. The van der Waals surface area contributed by atoms with Crippen molar-refractivity contribution in [3.8, 4) is 6.07 Å². The molecule has 0 saturated carbocycles. The summed E-state index contributed by atoms with van der Waals surface area (Å²) in [4.78, 5) is 2.50. The van der Waals surface area contributed by atoms with E-state index in [2.05, 4.69) is 23.2 Å². The Kier molecular flexibility index (Phi) is 5.37. The number of benzene rings is 1. The van der Waals surface area contributed by atoms with Crippen LogP contribution < -0.4 is 5.32 Å². The molecule has 3 nitrogen and oxygen atoms in total. The third-order valence-electron chi connectivity index (χ3n) is 3.82. The van der Waals surface area contributed by atoms with Crippen LogP contribution in [-0.2, 0) is 0 Å². The van der Waals surface area contributed by atoms with Gasteiger partial charge in [-0.1, -0.05) is 6.92 Å². The molecule has 1 N–H and O–H groups in total. The van der Waals surface area contributed by atoms with Gasteiger partial charge in [0.05, 0.1) is 11.3 Å². The Hall–Kier alpha value is -1.60. The van der Waals surface area contributed by atoms with E-state index in [9.17, 15) is 4.39 Å². The maximum absolute atomic E-state index is 13.1. The summed E-state index contributed by atoms with van der Waals surface area (Å²) in [5.74, 6) is -0.359. The van der Waals surface area contributed by atoms with Crippen molar-refractivity contribution in [3.63, 3.8) is 0 Å². The van der Waals surface area contributed by atoms with Crippen LogP contribution in [0.3, 0.4) is 0 Å². The van der Waals surface area contributed by atoms with Crippen LogP contribution in [0.5, 0.6) is 0 Å². The highest BCUT2D eigenvalue weighted by molar-refractivity contribution is 5.57. The Balaban J connectivity index is 1.98. The molecule has 108 valence electrons. The summed E-state index contributed by atoms with van der Waals surface area (Å²) in [5, 5.41) is 12.5. The van der Waals surface area contributed by atoms with Crippen LogP contribution >= 0.6 is 0 Å². The van der Waals surface area contributed by atoms with Gasteiger partial charge in [0.1, 0.15) is 11.9 Å². The van der Waals surface area contributed by atoms with E-state index in [4.69, 9.17) is 5.26 Å². The van der Waals surface area contributed by atoms with Crippen LogP contribution in [-0.4, -0.2) is 30.6 Å². The fourth-order valence-corrected chi connectivity index (χ4v) is 2.79. The van der Waals surface area contributed by atoms with Crippen LogP contribution in [0.1, 0.15) is 38.2 Å². The molecule has 0 radical (unpaired) electrons. The highest BCUT2D eigenvalue weighted by Gasteiger charge is 2.17. The normalized spacial score (nSPS) is 20.1.